The molecule has 3 rings (SSSR count). The van der Waals surface area contributed by atoms with Gasteiger partial charge in [0.2, 0.25) is 0 Å². The van der Waals surface area contributed by atoms with Gasteiger partial charge in [0.05, 0.1) is 11.7 Å². The molecule has 2 atom stereocenters. The highest BCUT2D eigenvalue weighted by Crippen LogP contribution is 2.32. The first-order valence-electron chi connectivity index (χ1n) is 4.98. The average molecular weight is 184 g/mol. The van der Waals surface area contributed by atoms with Gasteiger partial charge in [-0.2, -0.15) is 0 Å². The Hall–Kier alpha value is -1.41. The Kier molecular flexibility index (Phi) is 1.74. The molecule has 0 bridgehead atoms. The number of nitrogens with one attached hydrogen (secondary N) is 1. The fourth-order valence-electron chi connectivity index (χ4n) is 2.17. The highest BCUT2D eigenvalue weighted by molar-refractivity contribution is 5.57. The van der Waals surface area contributed by atoms with E-state index < -0.39 is 0 Å². The quantitative estimate of drug-likeness (QED) is 0.623. The van der Waals surface area contributed by atoms with Crippen molar-refractivity contribution in [3.8, 4) is 0 Å². The highest BCUT2D eigenvalue weighted by Gasteiger charge is 2.26. The van der Waals surface area contributed by atoms with Gasteiger partial charge in [0.15, 0.2) is 0 Å². The minimum absolute atomic E-state index is 0.376. The van der Waals surface area contributed by atoms with Crippen LogP contribution in [-0.4, -0.2) is 11.5 Å². The molecule has 0 fully saturated rings. The molecule has 2 nitrogen and oxygen atoms in total. The van der Waals surface area contributed by atoms with E-state index in [1.54, 1.807) is 0 Å². The number of hydrogen-bond acceptors (Lipinski definition) is 2. The molecule has 2 heteroatoms. The number of pyridine rings is 1. The molecule has 1 aliphatic carbocycles. The molecule has 2 heterocycles. The molecule has 0 saturated heterocycles. The van der Waals surface area contributed by atoms with Crippen molar-refractivity contribution in [3.05, 3.63) is 47.8 Å². The van der Waals surface area contributed by atoms with Gasteiger partial charge in [0.1, 0.15) is 0 Å². The van der Waals surface area contributed by atoms with E-state index in [9.17, 15) is 0 Å². The maximum Gasteiger partial charge on any atom is 0.0654 e. The van der Waals surface area contributed by atoms with E-state index in [0.717, 1.165) is 6.54 Å². The lowest BCUT2D eigenvalue weighted by Crippen LogP contribution is -2.32. The molecule has 2 aliphatic rings. The van der Waals surface area contributed by atoms with Crippen LogP contribution in [0.1, 0.15) is 17.3 Å². The summed E-state index contributed by atoms with van der Waals surface area (Å²) < 4.78 is 0. The van der Waals surface area contributed by atoms with Gasteiger partial charge in [0, 0.05) is 18.7 Å². The summed E-state index contributed by atoms with van der Waals surface area (Å²) in [5.74, 6) is 0.478. The lowest BCUT2D eigenvalue weighted by molar-refractivity contribution is 0.464. The monoisotopic (exact) mass is 184 g/mol. The summed E-state index contributed by atoms with van der Waals surface area (Å²) in [4.78, 5) is 4.46. The molecule has 0 saturated carbocycles. The van der Waals surface area contributed by atoms with Crippen molar-refractivity contribution in [1.82, 2.24) is 10.3 Å². The van der Waals surface area contributed by atoms with Gasteiger partial charge in [-0.15, -0.1) is 0 Å². The zero-order chi connectivity index (χ0) is 9.38. The first-order valence-corrected chi connectivity index (χ1v) is 4.98. The third-order valence-electron chi connectivity index (χ3n) is 2.86. The van der Waals surface area contributed by atoms with Gasteiger partial charge in [-0.1, -0.05) is 30.4 Å². The third-order valence-corrected chi connectivity index (χ3v) is 2.86. The van der Waals surface area contributed by atoms with Crippen LogP contribution in [0.3, 0.4) is 0 Å². The molecule has 1 aromatic rings. The van der Waals surface area contributed by atoms with Crippen molar-refractivity contribution in [2.75, 3.05) is 6.54 Å². The van der Waals surface area contributed by atoms with Crippen LogP contribution in [0.25, 0.3) is 6.08 Å². The summed E-state index contributed by atoms with van der Waals surface area (Å²) in [6.07, 6.45) is 10.7. The summed E-state index contributed by atoms with van der Waals surface area (Å²) >= 11 is 0. The molecule has 1 N–H and O–H groups in total. The number of rotatable bonds is 0. The van der Waals surface area contributed by atoms with Crippen molar-refractivity contribution >= 4 is 6.08 Å². The van der Waals surface area contributed by atoms with E-state index in [2.05, 4.69) is 40.7 Å². The fraction of sp³-hybridized carbons (Fsp3) is 0.250. The summed E-state index contributed by atoms with van der Waals surface area (Å²) in [5.41, 5.74) is 2.43. The van der Waals surface area contributed by atoms with Gasteiger partial charge in [-0.25, -0.2) is 0 Å². The normalized spacial score (nSPS) is 28.3. The molecule has 0 amide bonds. The molecular formula is C12H12N2. The molecule has 0 aromatic carbocycles. The van der Waals surface area contributed by atoms with E-state index in [1.165, 1.54) is 11.3 Å². The fourth-order valence-corrected chi connectivity index (χ4v) is 2.17. The Labute approximate surface area is 83.4 Å². The second-order valence-corrected chi connectivity index (χ2v) is 3.73. The van der Waals surface area contributed by atoms with Crippen LogP contribution >= 0.6 is 0 Å². The first kappa shape index (κ1) is 7.94. The van der Waals surface area contributed by atoms with E-state index in [0.29, 0.717) is 12.0 Å². The standard InChI is InChI=1S/C12H12N2/c1-3-9-5-6-10-4-2-8-14-12(10)11(9)13-7-1/h1-7,10,12,14H,8H2. The number of hydrogen-bond donors (Lipinski definition) is 1. The zero-order valence-corrected chi connectivity index (χ0v) is 7.85. The van der Waals surface area contributed by atoms with Gasteiger partial charge >= 0.3 is 0 Å². The smallest absolute Gasteiger partial charge is 0.0654 e. The van der Waals surface area contributed by atoms with Gasteiger partial charge < -0.3 is 5.32 Å². The predicted molar refractivity (Wildman–Crippen MR) is 56.6 cm³/mol. The molecule has 70 valence electrons. The van der Waals surface area contributed by atoms with E-state index in [-0.39, 0.29) is 0 Å². The number of nitrogens with zero attached hydrogens (tertiary/aromatic N) is 1. The largest absolute Gasteiger partial charge is 0.304 e. The van der Waals surface area contributed by atoms with Crippen LogP contribution in [0, 0.1) is 5.92 Å². The summed E-state index contributed by atoms with van der Waals surface area (Å²) in [7, 11) is 0. The van der Waals surface area contributed by atoms with Crippen LogP contribution < -0.4 is 5.32 Å². The predicted octanol–water partition coefficient (Wildman–Crippen LogP) is 1.93. The number of aromatic nitrogens is 1. The molecule has 0 spiro atoms. The van der Waals surface area contributed by atoms with Gasteiger partial charge in [0.25, 0.3) is 0 Å². The van der Waals surface area contributed by atoms with Crippen molar-refractivity contribution < 1.29 is 0 Å². The Morgan fingerprint density at radius 2 is 2.36 bits per heavy atom. The van der Waals surface area contributed by atoms with Crippen LogP contribution in [-0.2, 0) is 0 Å². The lowest BCUT2D eigenvalue weighted by Gasteiger charge is -2.30. The molecule has 14 heavy (non-hydrogen) atoms. The van der Waals surface area contributed by atoms with E-state index >= 15 is 0 Å². The lowest BCUT2D eigenvalue weighted by atomic mass is 9.86. The molecule has 0 radical (unpaired) electrons. The van der Waals surface area contributed by atoms with E-state index in [1.807, 2.05) is 12.3 Å². The first-order chi connectivity index (χ1) is 6.95. The highest BCUT2D eigenvalue weighted by atomic mass is 15.0. The Bertz CT molecular complexity index is 407. The van der Waals surface area contributed by atoms with Crippen LogP contribution in [0.2, 0.25) is 0 Å². The zero-order valence-electron chi connectivity index (χ0n) is 7.85. The summed E-state index contributed by atoms with van der Waals surface area (Å²) in [6.45, 7) is 0.949. The van der Waals surface area contributed by atoms with Gasteiger partial charge in [-0.05, 0) is 11.6 Å². The molecule has 1 aliphatic heterocycles. The summed E-state index contributed by atoms with van der Waals surface area (Å²) in [5, 5.41) is 3.48. The van der Waals surface area contributed by atoms with Crippen molar-refractivity contribution in [2.24, 2.45) is 5.92 Å². The van der Waals surface area contributed by atoms with Crippen LogP contribution in [0.4, 0.5) is 0 Å². The number of fused-ring (bicyclic) bond motifs is 3. The van der Waals surface area contributed by atoms with Gasteiger partial charge in [-0.3, -0.25) is 4.98 Å². The SMILES string of the molecule is C1=CC2C=Cc3cccnc3C2NC1. The topological polar surface area (TPSA) is 24.9 Å². The Morgan fingerprint density at radius 1 is 1.36 bits per heavy atom. The average Bonchev–Trinajstić information content (AvgIpc) is 2.29. The minimum Gasteiger partial charge on any atom is -0.304 e. The molecule has 1 aromatic heterocycles. The minimum atomic E-state index is 0.376. The Morgan fingerprint density at radius 3 is 3.36 bits per heavy atom. The Balaban J connectivity index is 2.11. The van der Waals surface area contributed by atoms with Crippen molar-refractivity contribution in [1.29, 1.82) is 0 Å². The van der Waals surface area contributed by atoms with E-state index in [4.69, 9.17) is 0 Å². The molecular weight excluding hydrogens is 172 g/mol. The van der Waals surface area contributed by atoms with Crippen LogP contribution in [0.5, 0.6) is 0 Å². The second-order valence-electron chi connectivity index (χ2n) is 3.73. The maximum atomic E-state index is 4.46. The van der Waals surface area contributed by atoms with Crippen molar-refractivity contribution in [3.63, 3.8) is 0 Å². The maximum absolute atomic E-state index is 4.46. The van der Waals surface area contributed by atoms with Crippen LogP contribution in [0.15, 0.2) is 36.6 Å². The summed E-state index contributed by atoms with van der Waals surface area (Å²) in [6, 6.07) is 4.48. The van der Waals surface area contributed by atoms with Crippen molar-refractivity contribution in [2.45, 2.75) is 6.04 Å². The molecule has 2 unspecified atom stereocenters. The third kappa shape index (κ3) is 1.11. The second kappa shape index (κ2) is 3.07.